The first-order valence-corrected chi connectivity index (χ1v) is 9.42. The molecule has 2 fully saturated rings. The van der Waals surface area contributed by atoms with Crippen LogP contribution < -0.4 is 10.2 Å². The highest BCUT2D eigenvalue weighted by molar-refractivity contribution is 5.91. The van der Waals surface area contributed by atoms with Gasteiger partial charge in [0.2, 0.25) is 0 Å². The Balaban J connectivity index is 1.39. The maximum Gasteiger partial charge on any atom is 0.322 e. The molecule has 1 saturated heterocycles. The fourth-order valence-corrected chi connectivity index (χ4v) is 4.07. The third-order valence-electron chi connectivity index (χ3n) is 5.60. The number of aromatic nitrogens is 3. The minimum atomic E-state index is -0.0943. The van der Waals surface area contributed by atoms with Gasteiger partial charge in [-0.05, 0) is 37.5 Å². The topological polar surface area (TPSA) is 77.2 Å². The molecule has 0 atom stereocenters. The van der Waals surface area contributed by atoms with Crippen molar-refractivity contribution >= 4 is 28.6 Å². The lowest BCUT2D eigenvalue weighted by atomic mass is 10.2. The van der Waals surface area contributed by atoms with Crippen molar-refractivity contribution in [2.45, 2.75) is 24.8 Å². The van der Waals surface area contributed by atoms with Crippen molar-refractivity contribution in [3.05, 3.63) is 48.9 Å². The Labute approximate surface area is 157 Å². The third-order valence-corrected chi connectivity index (χ3v) is 5.60. The van der Waals surface area contributed by atoms with Crippen LogP contribution in [0.25, 0.3) is 11.0 Å². The second-order valence-electron chi connectivity index (χ2n) is 7.38. The summed E-state index contributed by atoms with van der Waals surface area (Å²) in [6.07, 6.45) is 6.49. The molecule has 3 aromatic rings. The number of benzene rings is 1. The van der Waals surface area contributed by atoms with E-state index >= 15 is 0 Å². The summed E-state index contributed by atoms with van der Waals surface area (Å²) < 4.78 is 0. The first-order chi connectivity index (χ1) is 13.3. The van der Waals surface area contributed by atoms with Crippen molar-refractivity contribution < 1.29 is 4.79 Å². The van der Waals surface area contributed by atoms with Crippen molar-refractivity contribution in [3.8, 4) is 0 Å². The largest absolute Gasteiger partial charge is 0.354 e. The van der Waals surface area contributed by atoms with E-state index in [1.54, 1.807) is 6.33 Å². The SMILES string of the molecule is O=C(Nc1ccccc1)N1CCCN(c2ncnc3[nH]ccc23)CC12CC2. The number of carbonyl (C=O) groups is 1. The van der Waals surface area contributed by atoms with E-state index in [9.17, 15) is 4.79 Å². The van der Waals surface area contributed by atoms with Crippen LogP contribution in [0.4, 0.5) is 16.3 Å². The van der Waals surface area contributed by atoms with Gasteiger partial charge in [0.05, 0.1) is 10.9 Å². The molecule has 3 heterocycles. The zero-order chi connectivity index (χ0) is 18.3. The van der Waals surface area contributed by atoms with Gasteiger partial charge in [-0.1, -0.05) is 18.2 Å². The van der Waals surface area contributed by atoms with Gasteiger partial charge in [-0.2, -0.15) is 0 Å². The van der Waals surface area contributed by atoms with E-state index in [2.05, 4.69) is 25.2 Å². The van der Waals surface area contributed by atoms with E-state index in [0.29, 0.717) is 0 Å². The van der Waals surface area contributed by atoms with Crippen molar-refractivity contribution in [3.63, 3.8) is 0 Å². The molecule has 0 unspecified atom stereocenters. The molecular weight excluding hydrogens is 340 g/mol. The molecule has 1 aromatic carbocycles. The Morgan fingerprint density at radius 1 is 1.11 bits per heavy atom. The summed E-state index contributed by atoms with van der Waals surface area (Å²) in [6, 6.07) is 11.7. The zero-order valence-corrected chi connectivity index (χ0v) is 15.1. The first-order valence-electron chi connectivity index (χ1n) is 9.42. The fourth-order valence-electron chi connectivity index (χ4n) is 4.07. The molecule has 1 spiro atoms. The quantitative estimate of drug-likeness (QED) is 0.734. The van der Waals surface area contributed by atoms with Gasteiger partial charge < -0.3 is 20.1 Å². The number of nitrogens with one attached hydrogen (secondary N) is 2. The zero-order valence-electron chi connectivity index (χ0n) is 15.1. The molecule has 1 saturated carbocycles. The second-order valence-corrected chi connectivity index (χ2v) is 7.38. The molecule has 0 radical (unpaired) electrons. The Morgan fingerprint density at radius 2 is 1.96 bits per heavy atom. The number of aromatic amines is 1. The predicted molar refractivity (Wildman–Crippen MR) is 105 cm³/mol. The van der Waals surface area contributed by atoms with Crippen LogP contribution in [0.3, 0.4) is 0 Å². The van der Waals surface area contributed by atoms with Crippen molar-refractivity contribution in [2.75, 3.05) is 29.9 Å². The molecule has 2 aromatic heterocycles. The maximum atomic E-state index is 13.0. The van der Waals surface area contributed by atoms with Gasteiger partial charge in [0.15, 0.2) is 0 Å². The van der Waals surface area contributed by atoms with Gasteiger partial charge in [0.1, 0.15) is 17.8 Å². The van der Waals surface area contributed by atoms with Crippen molar-refractivity contribution in [1.82, 2.24) is 19.9 Å². The summed E-state index contributed by atoms with van der Waals surface area (Å²) in [5.41, 5.74) is 1.60. The molecule has 27 heavy (non-hydrogen) atoms. The van der Waals surface area contributed by atoms with Crippen LogP contribution in [0.2, 0.25) is 0 Å². The van der Waals surface area contributed by atoms with Gasteiger partial charge in [-0.3, -0.25) is 0 Å². The highest BCUT2D eigenvalue weighted by atomic mass is 16.2. The maximum absolute atomic E-state index is 13.0. The Bertz CT molecular complexity index is 965. The lowest BCUT2D eigenvalue weighted by Crippen LogP contribution is -2.48. The van der Waals surface area contributed by atoms with Crippen LogP contribution in [-0.2, 0) is 0 Å². The number of anilines is 2. The number of hydrogen-bond acceptors (Lipinski definition) is 4. The van der Waals surface area contributed by atoms with E-state index < -0.39 is 0 Å². The normalized spacial score (nSPS) is 18.5. The van der Waals surface area contributed by atoms with E-state index in [4.69, 9.17) is 0 Å². The molecular formula is C20H22N6O. The minimum absolute atomic E-state index is 0.00460. The standard InChI is InChI=1S/C20H22N6O/c27-19(24-15-5-2-1-3-6-15)26-12-4-11-25(13-20(26)8-9-20)18-16-7-10-21-17(16)22-14-23-18/h1-3,5-7,10,14H,4,8-9,11-13H2,(H,24,27)(H,21,22,23). The number of fused-ring (bicyclic) bond motifs is 1. The highest BCUT2D eigenvalue weighted by Gasteiger charge is 2.52. The first kappa shape index (κ1) is 16.1. The fraction of sp³-hybridized carbons (Fsp3) is 0.350. The molecule has 138 valence electrons. The minimum Gasteiger partial charge on any atom is -0.354 e. The molecule has 1 aliphatic carbocycles. The van der Waals surface area contributed by atoms with Gasteiger partial charge >= 0.3 is 6.03 Å². The van der Waals surface area contributed by atoms with Gasteiger partial charge in [-0.15, -0.1) is 0 Å². The summed E-state index contributed by atoms with van der Waals surface area (Å²) >= 11 is 0. The number of hydrogen-bond donors (Lipinski definition) is 2. The van der Waals surface area contributed by atoms with Crippen molar-refractivity contribution in [1.29, 1.82) is 0 Å². The van der Waals surface area contributed by atoms with Crippen LogP contribution in [-0.4, -0.2) is 51.1 Å². The summed E-state index contributed by atoms with van der Waals surface area (Å²) in [6.45, 7) is 2.46. The molecule has 7 heteroatoms. The van der Waals surface area contributed by atoms with Gasteiger partial charge in [0, 0.05) is 31.5 Å². The molecule has 2 N–H and O–H groups in total. The summed E-state index contributed by atoms with van der Waals surface area (Å²) in [5.74, 6) is 0.956. The van der Waals surface area contributed by atoms with Crippen LogP contribution >= 0.6 is 0 Å². The van der Waals surface area contributed by atoms with E-state index in [-0.39, 0.29) is 11.6 Å². The smallest absolute Gasteiger partial charge is 0.322 e. The molecule has 2 amide bonds. The lowest BCUT2D eigenvalue weighted by Gasteiger charge is -2.32. The molecule has 0 bridgehead atoms. The van der Waals surface area contributed by atoms with Gasteiger partial charge in [-0.25, -0.2) is 14.8 Å². The Kier molecular flexibility index (Phi) is 3.74. The van der Waals surface area contributed by atoms with Crippen molar-refractivity contribution in [2.24, 2.45) is 0 Å². The number of amides is 2. The molecule has 7 nitrogen and oxygen atoms in total. The molecule has 5 rings (SSSR count). The number of para-hydroxylation sites is 1. The Morgan fingerprint density at radius 3 is 2.78 bits per heavy atom. The average Bonchev–Trinajstić information content (AvgIpc) is 3.35. The predicted octanol–water partition coefficient (Wildman–Crippen LogP) is 3.23. The summed E-state index contributed by atoms with van der Waals surface area (Å²) in [7, 11) is 0. The van der Waals surface area contributed by atoms with Crippen LogP contribution in [0.1, 0.15) is 19.3 Å². The lowest BCUT2D eigenvalue weighted by molar-refractivity contribution is 0.186. The van der Waals surface area contributed by atoms with E-state index in [0.717, 1.165) is 61.4 Å². The van der Waals surface area contributed by atoms with E-state index in [1.165, 1.54) is 0 Å². The Hall–Kier alpha value is -3.09. The highest BCUT2D eigenvalue weighted by Crippen LogP contribution is 2.45. The summed E-state index contributed by atoms with van der Waals surface area (Å²) in [4.78, 5) is 29.3. The number of nitrogens with zero attached hydrogens (tertiary/aromatic N) is 4. The number of urea groups is 1. The monoisotopic (exact) mass is 362 g/mol. The second kappa shape index (κ2) is 6.26. The number of H-pyrrole nitrogens is 1. The average molecular weight is 362 g/mol. The third kappa shape index (κ3) is 2.89. The van der Waals surface area contributed by atoms with Crippen LogP contribution in [0.15, 0.2) is 48.9 Å². The number of carbonyl (C=O) groups excluding carboxylic acids is 1. The van der Waals surface area contributed by atoms with Crippen LogP contribution in [0, 0.1) is 0 Å². The van der Waals surface area contributed by atoms with Gasteiger partial charge in [0.25, 0.3) is 0 Å². The summed E-state index contributed by atoms with van der Waals surface area (Å²) in [5, 5.41) is 4.09. The van der Waals surface area contributed by atoms with Crippen LogP contribution in [0.5, 0.6) is 0 Å². The number of rotatable bonds is 2. The molecule has 2 aliphatic rings. The van der Waals surface area contributed by atoms with E-state index in [1.807, 2.05) is 47.5 Å². The molecule has 1 aliphatic heterocycles.